The second-order valence-corrected chi connectivity index (χ2v) is 4.19. The predicted molar refractivity (Wildman–Crippen MR) is 67.8 cm³/mol. The molecular formula is C14H16N2O2. The van der Waals surface area contributed by atoms with Gasteiger partial charge in [0, 0.05) is 12.5 Å². The van der Waals surface area contributed by atoms with Crippen LogP contribution in [0.4, 0.5) is 0 Å². The van der Waals surface area contributed by atoms with Crippen molar-refractivity contribution >= 4 is 5.91 Å². The largest absolute Gasteiger partial charge is 0.361 e. The summed E-state index contributed by atoms with van der Waals surface area (Å²) in [5.74, 6) is 0.781. The summed E-state index contributed by atoms with van der Waals surface area (Å²) in [6.07, 6.45) is 1.24. The number of hydrogen-bond acceptors (Lipinski definition) is 3. The minimum absolute atomic E-state index is 0.0273. The number of carbonyl (C=O) groups excluding carboxylic acids is 1. The second kappa shape index (κ2) is 6.00. The molecule has 0 aliphatic heterocycles. The zero-order valence-corrected chi connectivity index (χ0v) is 10.3. The fourth-order valence-corrected chi connectivity index (χ4v) is 1.68. The van der Waals surface area contributed by atoms with Gasteiger partial charge in [0.1, 0.15) is 11.5 Å². The number of benzene rings is 1. The number of aromatic nitrogens is 1. The summed E-state index contributed by atoms with van der Waals surface area (Å²) in [6.45, 7) is 2.25. The summed E-state index contributed by atoms with van der Waals surface area (Å²) in [5.41, 5.74) is 1.92. The van der Waals surface area contributed by atoms with Gasteiger partial charge in [0.15, 0.2) is 0 Å². The van der Waals surface area contributed by atoms with E-state index in [-0.39, 0.29) is 5.91 Å². The molecule has 1 N–H and O–H groups in total. The van der Waals surface area contributed by atoms with Gasteiger partial charge in [0.05, 0.1) is 6.54 Å². The lowest BCUT2D eigenvalue weighted by atomic mass is 10.1. The summed E-state index contributed by atoms with van der Waals surface area (Å²) in [6, 6.07) is 11.8. The number of hydrogen-bond donors (Lipinski definition) is 1. The first-order valence-electron chi connectivity index (χ1n) is 5.97. The van der Waals surface area contributed by atoms with E-state index in [9.17, 15) is 4.79 Å². The Labute approximate surface area is 106 Å². The minimum Gasteiger partial charge on any atom is -0.361 e. The maximum Gasteiger partial charge on any atom is 0.220 e. The van der Waals surface area contributed by atoms with Crippen LogP contribution < -0.4 is 5.32 Å². The van der Waals surface area contributed by atoms with Crippen molar-refractivity contribution in [3.63, 3.8) is 0 Å². The summed E-state index contributed by atoms with van der Waals surface area (Å²) >= 11 is 0. The molecule has 4 heteroatoms. The molecule has 0 fully saturated rings. The van der Waals surface area contributed by atoms with Crippen LogP contribution in [0.2, 0.25) is 0 Å². The highest BCUT2D eigenvalue weighted by Gasteiger charge is 2.04. The van der Waals surface area contributed by atoms with Gasteiger partial charge in [-0.1, -0.05) is 35.5 Å². The average molecular weight is 244 g/mol. The Morgan fingerprint density at radius 1 is 1.33 bits per heavy atom. The van der Waals surface area contributed by atoms with Crippen LogP contribution in [0.3, 0.4) is 0 Å². The van der Waals surface area contributed by atoms with E-state index < -0.39 is 0 Å². The van der Waals surface area contributed by atoms with Gasteiger partial charge in [-0.05, 0) is 18.9 Å². The van der Waals surface area contributed by atoms with Crippen molar-refractivity contribution in [2.75, 3.05) is 0 Å². The standard InChI is InChI=1S/C14H16N2O2/c1-11-9-13(16-18-11)10-15-14(17)8-7-12-5-3-2-4-6-12/h2-6,9H,7-8,10H2,1H3,(H,15,17). The van der Waals surface area contributed by atoms with Crippen molar-refractivity contribution in [2.24, 2.45) is 0 Å². The molecule has 1 aromatic carbocycles. The van der Waals surface area contributed by atoms with Crippen molar-refractivity contribution in [1.29, 1.82) is 0 Å². The number of rotatable bonds is 5. The van der Waals surface area contributed by atoms with Crippen LogP contribution in [0.25, 0.3) is 0 Å². The molecule has 2 aromatic rings. The van der Waals surface area contributed by atoms with Crippen LogP contribution in [0.15, 0.2) is 40.9 Å². The van der Waals surface area contributed by atoms with E-state index in [1.165, 1.54) is 5.56 Å². The van der Waals surface area contributed by atoms with E-state index >= 15 is 0 Å². The molecule has 1 amide bonds. The summed E-state index contributed by atoms with van der Waals surface area (Å²) < 4.78 is 4.92. The highest BCUT2D eigenvalue weighted by molar-refractivity contribution is 5.76. The van der Waals surface area contributed by atoms with E-state index in [0.29, 0.717) is 13.0 Å². The predicted octanol–water partition coefficient (Wildman–Crippen LogP) is 2.23. The molecule has 0 spiro atoms. The molecule has 1 aromatic heterocycles. The first-order chi connectivity index (χ1) is 8.74. The van der Waals surface area contributed by atoms with E-state index in [2.05, 4.69) is 10.5 Å². The third-order valence-electron chi connectivity index (χ3n) is 2.63. The lowest BCUT2D eigenvalue weighted by Gasteiger charge is -2.03. The molecule has 0 bridgehead atoms. The fourth-order valence-electron chi connectivity index (χ4n) is 1.68. The van der Waals surface area contributed by atoms with Gasteiger partial charge in [0.25, 0.3) is 0 Å². The Kier molecular flexibility index (Phi) is 4.12. The van der Waals surface area contributed by atoms with Crippen LogP contribution in [0.5, 0.6) is 0 Å². The van der Waals surface area contributed by atoms with Gasteiger partial charge in [-0.15, -0.1) is 0 Å². The molecule has 18 heavy (non-hydrogen) atoms. The van der Waals surface area contributed by atoms with Crippen molar-refractivity contribution < 1.29 is 9.32 Å². The number of carbonyl (C=O) groups is 1. The van der Waals surface area contributed by atoms with Gasteiger partial charge < -0.3 is 9.84 Å². The molecule has 4 nitrogen and oxygen atoms in total. The molecule has 0 atom stereocenters. The van der Waals surface area contributed by atoms with Crippen molar-refractivity contribution in [2.45, 2.75) is 26.3 Å². The maximum atomic E-state index is 11.6. The van der Waals surface area contributed by atoms with Crippen LogP contribution >= 0.6 is 0 Å². The topological polar surface area (TPSA) is 55.1 Å². The first-order valence-corrected chi connectivity index (χ1v) is 5.97. The van der Waals surface area contributed by atoms with Gasteiger partial charge in [0.2, 0.25) is 5.91 Å². The lowest BCUT2D eigenvalue weighted by molar-refractivity contribution is -0.121. The molecule has 94 valence electrons. The van der Waals surface area contributed by atoms with E-state index in [1.54, 1.807) is 0 Å². The Bertz CT molecular complexity index is 506. The number of nitrogens with zero attached hydrogens (tertiary/aromatic N) is 1. The fraction of sp³-hybridized carbons (Fsp3) is 0.286. The van der Waals surface area contributed by atoms with Crippen molar-refractivity contribution in [3.8, 4) is 0 Å². The molecular weight excluding hydrogens is 228 g/mol. The normalized spacial score (nSPS) is 10.3. The molecule has 0 radical (unpaired) electrons. The van der Waals surface area contributed by atoms with Gasteiger partial charge in [-0.25, -0.2) is 0 Å². The quantitative estimate of drug-likeness (QED) is 0.877. The molecule has 0 aliphatic carbocycles. The molecule has 0 unspecified atom stereocenters. The zero-order chi connectivity index (χ0) is 12.8. The van der Waals surface area contributed by atoms with E-state index in [4.69, 9.17) is 4.52 Å². The highest BCUT2D eigenvalue weighted by atomic mass is 16.5. The van der Waals surface area contributed by atoms with E-state index in [1.807, 2.05) is 43.3 Å². The monoisotopic (exact) mass is 244 g/mol. The maximum absolute atomic E-state index is 11.6. The molecule has 1 heterocycles. The van der Waals surface area contributed by atoms with E-state index in [0.717, 1.165) is 17.9 Å². The highest BCUT2D eigenvalue weighted by Crippen LogP contribution is 2.03. The number of aryl methyl sites for hydroxylation is 2. The molecule has 0 saturated heterocycles. The van der Waals surface area contributed by atoms with Crippen LogP contribution in [0, 0.1) is 6.92 Å². The molecule has 0 saturated carbocycles. The van der Waals surface area contributed by atoms with Gasteiger partial charge in [-0.3, -0.25) is 4.79 Å². The minimum atomic E-state index is 0.0273. The SMILES string of the molecule is Cc1cc(CNC(=O)CCc2ccccc2)no1. The van der Waals surface area contributed by atoms with Gasteiger partial charge >= 0.3 is 0 Å². The summed E-state index contributed by atoms with van der Waals surface area (Å²) in [7, 11) is 0. The van der Waals surface area contributed by atoms with Crippen molar-refractivity contribution in [3.05, 3.63) is 53.4 Å². The van der Waals surface area contributed by atoms with Crippen molar-refractivity contribution in [1.82, 2.24) is 10.5 Å². The zero-order valence-electron chi connectivity index (χ0n) is 10.3. The Morgan fingerprint density at radius 2 is 2.11 bits per heavy atom. The lowest BCUT2D eigenvalue weighted by Crippen LogP contribution is -2.23. The first kappa shape index (κ1) is 12.4. The van der Waals surface area contributed by atoms with Gasteiger partial charge in [-0.2, -0.15) is 0 Å². The average Bonchev–Trinajstić information content (AvgIpc) is 2.81. The number of nitrogens with one attached hydrogen (secondary N) is 1. The molecule has 0 aliphatic rings. The van der Waals surface area contributed by atoms with Crippen LogP contribution in [-0.2, 0) is 17.8 Å². The second-order valence-electron chi connectivity index (χ2n) is 4.19. The third kappa shape index (κ3) is 3.73. The summed E-state index contributed by atoms with van der Waals surface area (Å²) in [4.78, 5) is 11.6. The number of amides is 1. The summed E-state index contributed by atoms with van der Waals surface area (Å²) in [5, 5.41) is 6.64. The molecule has 2 rings (SSSR count). The Hall–Kier alpha value is -2.10. The Morgan fingerprint density at radius 3 is 2.78 bits per heavy atom. The van der Waals surface area contributed by atoms with Crippen LogP contribution in [0.1, 0.15) is 23.4 Å². The third-order valence-corrected chi connectivity index (χ3v) is 2.63. The Balaban J connectivity index is 1.73. The van der Waals surface area contributed by atoms with Crippen LogP contribution in [-0.4, -0.2) is 11.1 Å². The smallest absolute Gasteiger partial charge is 0.220 e.